The number of carboxylic acid groups (broad SMARTS) is 1. The lowest BCUT2D eigenvalue weighted by molar-refractivity contribution is -0.144. The molecule has 2 aromatic carbocycles. The normalized spacial score (nSPS) is 16.8. The molecule has 1 fully saturated rings. The van der Waals surface area contributed by atoms with Crippen molar-refractivity contribution >= 4 is 40.6 Å². The second-order valence-corrected chi connectivity index (χ2v) is 8.00. The first-order valence-electron chi connectivity index (χ1n) is 10.5. The lowest BCUT2D eigenvalue weighted by Gasteiger charge is -2.14. The van der Waals surface area contributed by atoms with Crippen molar-refractivity contribution in [1.29, 1.82) is 0 Å². The summed E-state index contributed by atoms with van der Waals surface area (Å²) < 4.78 is 16.2. The number of thioether (sulfide) groups is 1. The van der Waals surface area contributed by atoms with E-state index in [9.17, 15) is 9.59 Å². The topological polar surface area (TPSA) is 97.7 Å². The molecule has 0 bridgehead atoms. The van der Waals surface area contributed by atoms with Gasteiger partial charge in [-0.15, -0.1) is 0 Å². The van der Waals surface area contributed by atoms with E-state index in [1.807, 2.05) is 38.1 Å². The fraction of sp³-hybridized carbons (Fsp3) is 0.292. The van der Waals surface area contributed by atoms with E-state index < -0.39 is 12.1 Å². The first kappa shape index (κ1) is 24.2. The molecule has 1 atom stereocenters. The van der Waals surface area contributed by atoms with Crippen LogP contribution in [-0.4, -0.2) is 53.4 Å². The summed E-state index contributed by atoms with van der Waals surface area (Å²) in [5.74, 6) is 0.251. The maximum absolute atomic E-state index is 12.9. The Hall–Kier alpha value is -3.46. The number of likely N-dealkylation sites (N-methyl/N-ethyl adjacent to an activating group) is 1. The van der Waals surface area contributed by atoms with Crippen molar-refractivity contribution in [2.75, 3.05) is 20.3 Å². The molecule has 8 nitrogen and oxygen atoms in total. The monoisotopic (exact) mass is 470 g/mol. The van der Waals surface area contributed by atoms with Crippen LogP contribution in [0.25, 0.3) is 6.08 Å². The number of methoxy groups -OCH3 is 1. The van der Waals surface area contributed by atoms with Crippen LogP contribution in [-0.2, 0) is 9.59 Å². The summed E-state index contributed by atoms with van der Waals surface area (Å²) in [5, 5.41) is 9.66. The summed E-state index contributed by atoms with van der Waals surface area (Å²) in [7, 11) is 1.47. The Morgan fingerprint density at radius 1 is 1.18 bits per heavy atom. The minimum absolute atomic E-state index is 0.133. The van der Waals surface area contributed by atoms with Crippen molar-refractivity contribution in [2.24, 2.45) is 4.99 Å². The van der Waals surface area contributed by atoms with Crippen LogP contribution in [0.3, 0.4) is 0 Å². The Bertz CT molecular complexity index is 1080. The van der Waals surface area contributed by atoms with Gasteiger partial charge < -0.3 is 19.3 Å². The average Bonchev–Trinajstić information content (AvgIpc) is 3.09. The third-order valence-corrected chi connectivity index (χ3v) is 5.72. The number of amidine groups is 1. The second-order valence-electron chi connectivity index (χ2n) is 6.99. The Balaban J connectivity index is 1.85. The molecule has 0 unspecified atom stereocenters. The standard InChI is InChI=1S/C24H26N2O6S/c1-5-26-22(27)21(33-24(26)25-17-8-10-18(11-9-17)31-6-2)14-16-7-12-19(20(13-16)30-4)32-15(3)23(28)29/h7-15H,5-6H2,1-4H3,(H,28,29)/b21-14-,25-24?/t15-/m0/s1. The highest BCUT2D eigenvalue weighted by molar-refractivity contribution is 8.18. The molecule has 1 aliphatic heterocycles. The average molecular weight is 471 g/mol. The predicted molar refractivity (Wildman–Crippen MR) is 128 cm³/mol. The first-order valence-corrected chi connectivity index (χ1v) is 11.3. The van der Waals surface area contributed by atoms with Crippen LogP contribution in [0.5, 0.6) is 17.2 Å². The number of nitrogens with zero attached hydrogens (tertiary/aromatic N) is 2. The number of carbonyl (C=O) groups excluding carboxylic acids is 1. The zero-order valence-corrected chi connectivity index (χ0v) is 19.7. The van der Waals surface area contributed by atoms with Gasteiger partial charge in [0.1, 0.15) is 5.75 Å². The van der Waals surface area contributed by atoms with Crippen LogP contribution in [0.1, 0.15) is 26.3 Å². The fourth-order valence-electron chi connectivity index (χ4n) is 3.03. The van der Waals surface area contributed by atoms with Crippen molar-refractivity contribution in [2.45, 2.75) is 26.9 Å². The summed E-state index contributed by atoms with van der Waals surface area (Å²) in [6.45, 7) is 6.34. The summed E-state index contributed by atoms with van der Waals surface area (Å²) in [4.78, 5) is 30.8. The van der Waals surface area contributed by atoms with Gasteiger partial charge in [-0.05, 0) is 80.6 Å². The number of carbonyl (C=O) groups is 2. The molecule has 3 rings (SSSR count). The van der Waals surface area contributed by atoms with Crippen LogP contribution in [0.4, 0.5) is 5.69 Å². The van der Waals surface area contributed by atoms with Crippen molar-refractivity contribution in [3.05, 3.63) is 52.9 Å². The molecule has 1 aliphatic rings. The van der Waals surface area contributed by atoms with Gasteiger partial charge in [-0.1, -0.05) is 6.07 Å². The van der Waals surface area contributed by atoms with Crippen molar-refractivity contribution in [3.8, 4) is 17.2 Å². The fourth-order valence-corrected chi connectivity index (χ4v) is 4.09. The van der Waals surface area contributed by atoms with Crippen molar-refractivity contribution in [3.63, 3.8) is 0 Å². The van der Waals surface area contributed by atoms with Gasteiger partial charge in [0, 0.05) is 6.54 Å². The molecule has 2 aromatic rings. The summed E-state index contributed by atoms with van der Waals surface area (Å²) in [6, 6.07) is 12.5. The van der Waals surface area contributed by atoms with E-state index in [4.69, 9.17) is 19.3 Å². The van der Waals surface area contributed by atoms with Gasteiger partial charge in [0.2, 0.25) is 0 Å². The Morgan fingerprint density at radius 3 is 2.52 bits per heavy atom. The van der Waals surface area contributed by atoms with Crippen LogP contribution >= 0.6 is 11.8 Å². The van der Waals surface area contributed by atoms with Crippen LogP contribution in [0.2, 0.25) is 0 Å². The summed E-state index contributed by atoms with van der Waals surface area (Å²) >= 11 is 1.29. The van der Waals surface area contributed by atoms with Crippen LogP contribution in [0.15, 0.2) is 52.4 Å². The van der Waals surface area contributed by atoms with E-state index in [-0.39, 0.29) is 5.91 Å². The number of benzene rings is 2. The van der Waals surface area contributed by atoms with Crippen LogP contribution in [0, 0.1) is 0 Å². The molecule has 0 aliphatic carbocycles. The molecule has 1 amide bonds. The molecule has 174 valence electrons. The molecule has 1 N–H and O–H groups in total. The molecule has 1 saturated heterocycles. The lowest BCUT2D eigenvalue weighted by atomic mass is 10.2. The zero-order chi connectivity index (χ0) is 24.0. The smallest absolute Gasteiger partial charge is 0.344 e. The molecular formula is C24H26N2O6S. The molecule has 33 heavy (non-hydrogen) atoms. The number of carboxylic acids is 1. The Kier molecular flexibility index (Phi) is 8.00. The van der Waals surface area contributed by atoms with Gasteiger partial charge in [-0.25, -0.2) is 9.79 Å². The van der Waals surface area contributed by atoms with Gasteiger partial charge >= 0.3 is 5.97 Å². The largest absolute Gasteiger partial charge is 0.494 e. The highest BCUT2D eigenvalue weighted by atomic mass is 32.2. The maximum Gasteiger partial charge on any atom is 0.344 e. The SMILES string of the molecule is CCOc1ccc(N=C2S/C(=C\c3ccc(O[C@@H](C)C(=O)O)c(OC)c3)C(=O)N2CC)cc1. The second kappa shape index (κ2) is 10.9. The Labute approximate surface area is 196 Å². The molecular weight excluding hydrogens is 444 g/mol. The first-order chi connectivity index (χ1) is 15.9. The number of ether oxygens (including phenoxy) is 3. The van der Waals surface area contributed by atoms with E-state index in [1.165, 1.54) is 25.8 Å². The van der Waals surface area contributed by atoms with Gasteiger partial charge in [0.15, 0.2) is 22.8 Å². The predicted octanol–water partition coefficient (Wildman–Crippen LogP) is 4.57. The van der Waals surface area contributed by atoms with Gasteiger partial charge in [0.05, 0.1) is 24.3 Å². The number of aliphatic carboxylic acids is 1. The number of hydrogen-bond acceptors (Lipinski definition) is 7. The minimum Gasteiger partial charge on any atom is -0.494 e. The van der Waals surface area contributed by atoms with E-state index in [0.717, 1.165) is 17.0 Å². The van der Waals surface area contributed by atoms with Gasteiger partial charge in [-0.3, -0.25) is 9.69 Å². The van der Waals surface area contributed by atoms with E-state index in [0.29, 0.717) is 34.7 Å². The molecule has 0 spiro atoms. The van der Waals surface area contributed by atoms with Crippen molar-refractivity contribution < 1.29 is 28.9 Å². The summed E-state index contributed by atoms with van der Waals surface area (Å²) in [5.41, 5.74) is 1.44. The highest BCUT2D eigenvalue weighted by Crippen LogP contribution is 2.36. The van der Waals surface area contributed by atoms with E-state index in [2.05, 4.69) is 4.99 Å². The Morgan fingerprint density at radius 2 is 1.91 bits per heavy atom. The van der Waals surface area contributed by atoms with Crippen molar-refractivity contribution in [1.82, 2.24) is 4.90 Å². The third-order valence-electron chi connectivity index (χ3n) is 4.71. The molecule has 0 saturated carbocycles. The lowest BCUT2D eigenvalue weighted by Crippen LogP contribution is -2.28. The minimum atomic E-state index is -1.07. The highest BCUT2D eigenvalue weighted by Gasteiger charge is 2.32. The number of aliphatic imine (C=N–C) groups is 1. The van der Waals surface area contributed by atoms with Gasteiger partial charge in [-0.2, -0.15) is 0 Å². The molecule has 1 heterocycles. The number of hydrogen-bond donors (Lipinski definition) is 1. The summed E-state index contributed by atoms with van der Waals surface area (Å²) in [6.07, 6.45) is 0.734. The van der Waals surface area contributed by atoms with Crippen LogP contribution < -0.4 is 14.2 Å². The van der Waals surface area contributed by atoms with Gasteiger partial charge in [0.25, 0.3) is 5.91 Å². The van der Waals surface area contributed by atoms with E-state index >= 15 is 0 Å². The molecule has 9 heteroatoms. The number of amides is 1. The number of rotatable bonds is 9. The van der Waals surface area contributed by atoms with E-state index in [1.54, 1.807) is 29.2 Å². The zero-order valence-electron chi connectivity index (χ0n) is 18.9. The third kappa shape index (κ3) is 5.87. The maximum atomic E-state index is 12.9. The molecule has 0 radical (unpaired) electrons. The quantitative estimate of drug-likeness (QED) is 0.536. The molecule has 0 aromatic heterocycles.